The van der Waals surface area contributed by atoms with Crippen molar-refractivity contribution in [3.8, 4) is 28.6 Å². The average Bonchev–Trinajstić information content (AvgIpc) is 2.71. The number of hydrogen-bond acceptors (Lipinski definition) is 5. The zero-order valence-corrected chi connectivity index (χ0v) is 16.4. The first-order valence-electron chi connectivity index (χ1n) is 8.69. The summed E-state index contributed by atoms with van der Waals surface area (Å²) >= 11 is 0. The van der Waals surface area contributed by atoms with Crippen LogP contribution in [0.25, 0.3) is 28.4 Å². The Hall–Kier alpha value is -3.47. The third kappa shape index (κ3) is 3.64. The zero-order valence-electron chi connectivity index (χ0n) is 16.4. The SMILES string of the molecule is C=C(C)/C=C/c1c(OC)cc(OC)c2c(=O)cc(-c3ccc(OC)cc3)oc12. The Bertz CT molecular complexity index is 1100. The molecule has 0 aliphatic rings. The number of hydrogen-bond donors (Lipinski definition) is 0. The maximum Gasteiger partial charge on any atom is 0.197 e. The molecular formula is C23H22O5. The summed E-state index contributed by atoms with van der Waals surface area (Å²) in [5.74, 6) is 2.10. The second-order valence-electron chi connectivity index (χ2n) is 6.28. The second-order valence-corrected chi connectivity index (χ2v) is 6.28. The first-order chi connectivity index (χ1) is 13.5. The van der Waals surface area contributed by atoms with E-state index in [0.29, 0.717) is 33.8 Å². The molecule has 3 aromatic rings. The summed E-state index contributed by atoms with van der Waals surface area (Å²) in [6.07, 6.45) is 3.66. The first kappa shape index (κ1) is 19.3. The maximum absolute atomic E-state index is 12.9. The van der Waals surface area contributed by atoms with Crippen molar-refractivity contribution in [2.24, 2.45) is 0 Å². The van der Waals surface area contributed by atoms with E-state index in [9.17, 15) is 4.79 Å². The largest absolute Gasteiger partial charge is 0.497 e. The van der Waals surface area contributed by atoms with Gasteiger partial charge in [-0.3, -0.25) is 4.79 Å². The highest BCUT2D eigenvalue weighted by Crippen LogP contribution is 2.37. The summed E-state index contributed by atoms with van der Waals surface area (Å²) in [7, 11) is 4.67. The predicted octanol–water partition coefficient (Wildman–Crippen LogP) is 5.08. The molecule has 0 saturated carbocycles. The molecule has 2 aromatic carbocycles. The molecule has 0 atom stereocenters. The summed E-state index contributed by atoms with van der Waals surface area (Å²) in [5, 5.41) is 0.363. The van der Waals surface area contributed by atoms with Crippen LogP contribution >= 0.6 is 0 Å². The van der Waals surface area contributed by atoms with Crippen molar-refractivity contribution in [3.05, 3.63) is 70.4 Å². The Labute approximate surface area is 163 Å². The molecule has 0 spiro atoms. The van der Waals surface area contributed by atoms with Crippen LogP contribution in [0.2, 0.25) is 0 Å². The fourth-order valence-corrected chi connectivity index (χ4v) is 2.91. The van der Waals surface area contributed by atoms with Gasteiger partial charge in [0.25, 0.3) is 0 Å². The van der Waals surface area contributed by atoms with Gasteiger partial charge in [-0.15, -0.1) is 0 Å². The van der Waals surface area contributed by atoms with Crippen molar-refractivity contribution in [3.63, 3.8) is 0 Å². The molecule has 0 aliphatic heterocycles. The molecule has 0 fully saturated rings. The standard InChI is InChI=1S/C23H22O5/c1-14(2)6-11-17-20(26-4)13-21(27-5)22-18(24)12-19(28-23(17)22)15-7-9-16(25-3)10-8-15/h6-13H,1H2,2-5H3/b11-6+. The number of ether oxygens (including phenoxy) is 3. The highest BCUT2D eigenvalue weighted by atomic mass is 16.5. The Morgan fingerprint density at radius 3 is 2.25 bits per heavy atom. The van der Waals surface area contributed by atoms with Crippen LogP contribution in [0.4, 0.5) is 0 Å². The Kier molecular flexibility index (Phi) is 5.54. The highest BCUT2D eigenvalue weighted by molar-refractivity contribution is 5.94. The second kappa shape index (κ2) is 8.05. The molecule has 1 aromatic heterocycles. The van der Waals surface area contributed by atoms with Crippen LogP contribution in [0.3, 0.4) is 0 Å². The number of rotatable bonds is 6. The molecule has 0 N–H and O–H groups in total. The van der Waals surface area contributed by atoms with Crippen LogP contribution in [0.5, 0.6) is 17.2 Å². The number of fused-ring (bicyclic) bond motifs is 1. The monoisotopic (exact) mass is 378 g/mol. The van der Waals surface area contributed by atoms with Crippen LogP contribution in [0.1, 0.15) is 12.5 Å². The smallest absolute Gasteiger partial charge is 0.197 e. The van der Waals surface area contributed by atoms with Gasteiger partial charge in [-0.05, 0) is 37.3 Å². The van der Waals surface area contributed by atoms with Gasteiger partial charge in [-0.25, -0.2) is 0 Å². The van der Waals surface area contributed by atoms with E-state index in [1.165, 1.54) is 13.2 Å². The van der Waals surface area contributed by atoms with Crippen molar-refractivity contribution >= 4 is 17.0 Å². The minimum atomic E-state index is -0.198. The maximum atomic E-state index is 12.9. The quantitative estimate of drug-likeness (QED) is 0.560. The summed E-state index contributed by atoms with van der Waals surface area (Å²) in [4.78, 5) is 12.9. The number of benzene rings is 2. The molecule has 144 valence electrons. The van der Waals surface area contributed by atoms with Crippen LogP contribution < -0.4 is 19.6 Å². The van der Waals surface area contributed by atoms with E-state index < -0.39 is 0 Å². The highest BCUT2D eigenvalue weighted by Gasteiger charge is 2.18. The van der Waals surface area contributed by atoms with Crippen molar-refractivity contribution in [2.45, 2.75) is 6.92 Å². The molecule has 5 heteroatoms. The van der Waals surface area contributed by atoms with Crippen molar-refractivity contribution in [2.75, 3.05) is 21.3 Å². The van der Waals surface area contributed by atoms with E-state index in [0.717, 1.165) is 16.9 Å². The molecular weight excluding hydrogens is 356 g/mol. The molecule has 0 unspecified atom stereocenters. The molecule has 1 heterocycles. The fourth-order valence-electron chi connectivity index (χ4n) is 2.91. The summed E-state index contributed by atoms with van der Waals surface area (Å²) < 4.78 is 22.3. The minimum Gasteiger partial charge on any atom is -0.497 e. The van der Waals surface area contributed by atoms with Gasteiger partial charge in [0.1, 0.15) is 28.4 Å². The van der Waals surface area contributed by atoms with E-state index in [1.54, 1.807) is 20.3 Å². The lowest BCUT2D eigenvalue weighted by atomic mass is 10.0. The van der Waals surface area contributed by atoms with Crippen molar-refractivity contribution in [1.29, 1.82) is 0 Å². The predicted molar refractivity (Wildman–Crippen MR) is 111 cm³/mol. The van der Waals surface area contributed by atoms with Crippen LogP contribution in [-0.2, 0) is 0 Å². The zero-order chi connectivity index (χ0) is 20.3. The normalized spacial score (nSPS) is 11.0. The van der Waals surface area contributed by atoms with Crippen molar-refractivity contribution < 1.29 is 18.6 Å². The number of methoxy groups -OCH3 is 3. The number of allylic oxidation sites excluding steroid dienone is 2. The van der Waals surface area contributed by atoms with E-state index in [4.69, 9.17) is 18.6 Å². The van der Waals surface area contributed by atoms with Crippen LogP contribution in [0, 0.1) is 0 Å². The molecule has 0 bridgehead atoms. The fraction of sp³-hybridized carbons (Fsp3) is 0.174. The molecule has 0 amide bonds. The molecule has 28 heavy (non-hydrogen) atoms. The molecule has 3 rings (SSSR count). The van der Waals surface area contributed by atoms with Gasteiger partial charge < -0.3 is 18.6 Å². The van der Waals surface area contributed by atoms with E-state index >= 15 is 0 Å². The molecule has 5 nitrogen and oxygen atoms in total. The topological polar surface area (TPSA) is 57.9 Å². The van der Waals surface area contributed by atoms with Gasteiger partial charge in [0.15, 0.2) is 11.0 Å². The van der Waals surface area contributed by atoms with E-state index in [2.05, 4.69) is 6.58 Å². The first-order valence-corrected chi connectivity index (χ1v) is 8.69. The Balaban J connectivity index is 2.34. The lowest BCUT2D eigenvalue weighted by Gasteiger charge is -2.13. The third-order valence-corrected chi connectivity index (χ3v) is 4.32. The van der Waals surface area contributed by atoms with Gasteiger partial charge >= 0.3 is 0 Å². The summed E-state index contributed by atoms with van der Waals surface area (Å²) in [5.41, 5.74) is 2.47. The molecule has 0 aliphatic carbocycles. The molecule has 0 saturated heterocycles. The Morgan fingerprint density at radius 1 is 1.00 bits per heavy atom. The summed E-state index contributed by atoms with van der Waals surface area (Å²) in [6.45, 7) is 5.76. The van der Waals surface area contributed by atoms with Crippen LogP contribution in [0.15, 0.2) is 63.8 Å². The van der Waals surface area contributed by atoms with Crippen LogP contribution in [-0.4, -0.2) is 21.3 Å². The van der Waals surface area contributed by atoms with Crippen molar-refractivity contribution in [1.82, 2.24) is 0 Å². The van der Waals surface area contributed by atoms with Gasteiger partial charge in [-0.2, -0.15) is 0 Å². The van der Waals surface area contributed by atoms with Gasteiger partial charge in [0.2, 0.25) is 0 Å². The van der Waals surface area contributed by atoms with Gasteiger partial charge in [-0.1, -0.05) is 18.2 Å². The van der Waals surface area contributed by atoms with Gasteiger partial charge in [0, 0.05) is 17.7 Å². The lowest BCUT2D eigenvalue weighted by Crippen LogP contribution is -2.05. The summed E-state index contributed by atoms with van der Waals surface area (Å²) in [6, 6.07) is 10.4. The Morgan fingerprint density at radius 2 is 1.68 bits per heavy atom. The van der Waals surface area contributed by atoms with E-state index in [1.807, 2.05) is 43.3 Å². The molecule has 0 radical (unpaired) electrons. The lowest BCUT2D eigenvalue weighted by molar-refractivity contribution is 0.395. The average molecular weight is 378 g/mol. The van der Waals surface area contributed by atoms with Gasteiger partial charge in [0.05, 0.1) is 26.9 Å². The van der Waals surface area contributed by atoms with E-state index in [-0.39, 0.29) is 5.43 Å². The third-order valence-electron chi connectivity index (χ3n) is 4.32. The minimum absolute atomic E-state index is 0.198.